The van der Waals surface area contributed by atoms with Gasteiger partial charge in [0.25, 0.3) is 0 Å². The molecule has 1 amide bonds. The fourth-order valence-corrected chi connectivity index (χ4v) is 3.39. The van der Waals surface area contributed by atoms with Gasteiger partial charge in [0.05, 0.1) is 11.5 Å². The second-order valence-corrected chi connectivity index (χ2v) is 7.75. The molecule has 1 atom stereocenters. The minimum Gasteiger partial charge on any atom is -0.494 e. The molecule has 1 aromatic carbocycles. The zero-order valence-electron chi connectivity index (χ0n) is 15.2. The molecule has 0 aliphatic heterocycles. The van der Waals surface area contributed by atoms with Crippen LogP contribution in [-0.2, 0) is 19.6 Å². The van der Waals surface area contributed by atoms with Gasteiger partial charge in [-0.15, -0.1) is 0 Å². The Balaban J connectivity index is 2.60. The van der Waals surface area contributed by atoms with Gasteiger partial charge in [-0.3, -0.25) is 4.79 Å². The van der Waals surface area contributed by atoms with Crippen molar-refractivity contribution in [3.8, 4) is 5.75 Å². The lowest BCUT2D eigenvalue weighted by Crippen LogP contribution is -2.52. The Hall–Kier alpha value is -2.13. The normalized spacial score (nSPS) is 13.7. The van der Waals surface area contributed by atoms with Crippen LogP contribution in [0, 0.1) is 0 Å². The third-order valence-electron chi connectivity index (χ3n) is 3.73. The number of carboxylic acid groups (broad SMARTS) is 1. The van der Waals surface area contributed by atoms with Crippen molar-refractivity contribution >= 4 is 21.9 Å². The molecule has 1 rings (SSSR count). The van der Waals surface area contributed by atoms with Crippen molar-refractivity contribution in [3.05, 3.63) is 24.3 Å². The lowest BCUT2D eigenvalue weighted by Gasteiger charge is -2.25. The first-order chi connectivity index (χ1) is 12.1. The van der Waals surface area contributed by atoms with Gasteiger partial charge < -0.3 is 15.2 Å². The molecule has 0 fully saturated rings. The van der Waals surface area contributed by atoms with Crippen LogP contribution in [0.25, 0.3) is 0 Å². The smallest absolute Gasteiger partial charge is 0.329 e. The van der Waals surface area contributed by atoms with E-state index in [2.05, 4.69) is 10.0 Å². The molecular formula is C17H26N2O6S. The number of carboxylic acids is 1. The Labute approximate surface area is 154 Å². The molecule has 0 aliphatic rings. The maximum Gasteiger partial charge on any atom is 0.329 e. The zero-order chi connectivity index (χ0) is 19.8. The molecule has 0 saturated carbocycles. The van der Waals surface area contributed by atoms with Crippen molar-refractivity contribution in [1.82, 2.24) is 10.0 Å². The van der Waals surface area contributed by atoms with Crippen LogP contribution in [0.3, 0.4) is 0 Å². The monoisotopic (exact) mass is 386 g/mol. The minimum absolute atomic E-state index is 0.0581. The van der Waals surface area contributed by atoms with Crippen molar-refractivity contribution in [2.24, 2.45) is 0 Å². The molecule has 0 saturated heterocycles. The molecule has 0 heterocycles. The van der Waals surface area contributed by atoms with Crippen LogP contribution in [0.2, 0.25) is 0 Å². The highest BCUT2D eigenvalue weighted by atomic mass is 32.2. The number of carbonyl (C=O) groups is 2. The van der Waals surface area contributed by atoms with Crippen LogP contribution in [0.5, 0.6) is 5.75 Å². The average Bonchev–Trinajstić information content (AvgIpc) is 2.55. The van der Waals surface area contributed by atoms with Crippen molar-refractivity contribution in [3.63, 3.8) is 0 Å². The Bertz CT molecular complexity index is 717. The largest absolute Gasteiger partial charge is 0.494 e. The number of aliphatic carboxylic acids is 1. The van der Waals surface area contributed by atoms with Crippen molar-refractivity contribution in [2.75, 3.05) is 13.2 Å². The third-order valence-corrected chi connectivity index (χ3v) is 5.20. The Morgan fingerprint density at radius 3 is 2.31 bits per heavy atom. The van der Waals surface area contributed by atoms with E-state index < -0.39 is 27.4 Å². The summed E-state index contributed by atoms with van der Waals surface area (Å²) in [5.41, 5.74) is -1.36. The summed E-state index contributed by atoms with van der Waals surface area (Å²) < 4.78 is 32.0. The van der Waals surface area contributed by atoms with E-state index in [4.69, 9.17) is 4.74 Å². The standard InChI is InChI=1S/C17H26N2O6S/c1-4-11-17(3,16(21)22)19-15(20)10-12-18-26(23,24)14-8-6-13(7-9-14)25-5-2/h6-9,18H,4-5,10-12H2,1-3H3,(H,19,20)(H,21,22). The SMILES string of the molecule is CCCC(C)(NC(=O)CCNS(=O)(=O)c1ccc(OCC)cc1)C(=O)O. The third kappa shape index (κ3) is 6.30. The molecule has 0 bridgehead atoms. The van der Waals surface area contributed by atoms with E-state index in [0.717, 1.165) is 0 Å². The molecule has 1 unspecified atom stereocenters. The predicted molar refractivity (Wildman–Crippen MR) is 96.5 cm³/mol. The lowest BCUT2D eigenvalue weighted by molar-refractivity contribution is -0.147. The second kappa shape index (κ2) is 9.54. The highest BCUT2D eigenvalue weighted by Gasteiger charge is 2.33. The van der Waals surface area contributed by atoms with E-state index in [-0.39, 0.29) is 24.3 Å². The molecule has 0 aromatic heterocycles. The van der Waals surface area contributed by atoms with E-state index in [0.29, 0.717) is 18.8 Å². The summed E-state index contributed by atoms with van der Waals surface area (Å²) in [6, 6.07) is 5.92. The van der Waals surface area contributed by atoms with Crippen LogP contribution in [0.15, 0.2) is 29.2 Å². The van der Waals surface area contributed by atoms with E-state index in [1.807, 2.05) is 13.8 Å². The second-order valence-electron chi connectivity index (χ2n) is 5.99. The summed E-state index contributed by atoms with van der Waals surface area (Å²) in [7, 11) is -3.76. The number of hydrogen-bond donors (Lipinski definition) is 3. The zero-order valence-corrected chi connectivity index (χ0v) is 16.1. The number of hydrogen-bond acceptors (Lipinski definition) is 5. The fourth-order valence-electron chi connectivity index (χ4n) is 2.36. The van der Waals surface area contributed by atoms with E-state index in [1.54, 1.807) is 12.1 Å². The Kier molecular flexibility index (Phi) is 8.04. The summed E-state index contributed by atoms with van der Waals surface area (Å²) in [5.74, 6) is -1.09. The summed E-state index contributed by atoms with van der Waals surface area (Å²) in [5, 5.41) is 11.7. The van der Waals surface area contributed by atoms with E-state index in [1.165, 1.54) is 19.1 Å². The van der Waals surface area contributed by atoms with Crippen molar-refractivity contribution in [1.29, 1.82) is 0 Å². The number of amides is 1. The highest BCUT2D eigenvalue weighted by Crippen LogP contribution is 2.16. The van der Waals surface area contributed by atoms with Crippen LogP contribution in [-0.4, -0.2) is 44.1 Å². The van der Waals surface area contributed by atoms with Gasteiger partial charge in [-0.05, 0) is 44.5 Å². The van der Waals surface area contributed by atoms with Crippen LogP contribution < -0.4 is 14.8 Å². The summed E-state index contributed by atoms with van der Waals surface area (Å²) in [6.45, 7) is 5.42. The molecule has 8 nitrogen and oxygen atoms in total. The topological polar surface area (TPSA) is 122 Å². The molecular weight excluding hydrogens is 360 g/mol. The fraction of sp³-hybridized carbons (Fsp3) is 0.529. The number of ether oxygens (including phenoxy) is 1. The van der Waals surface area contributed by atoms with Gasteiger partial charge in [-0.25, -0.2) is 17.9 Å². The Morgan fingerprint density at radius 2 is 1.81 bits per heavy atom. The Morgan fingerprint density at radius 1 is 1.19 bits per heavy atom. The molecule has 0 radical (unpaired) electrons. The predicted octanol–water partition coefficient (Wildman–Crippen LogP) is 1.51. The van der Waals surface area contributed by atoms with E-state index in [9.17, 15) is 23.1 Å². The van der Waals surface area contributed by atoms with Crippen LogP contribution in [0.1, 0.15) is 40.0 Å². The number of nitrogens with one attached hydrogen (secondary N) is 2. The van der Waals surface area contributed by atoms with Gasteiger partial charge in [0, 0.05) is 13.0 Å². The first-order valence-corrected chi connectivity index (χ1v) is 9.90. The minimum atomic E-state index is -3.76. The molecule has 0 spiro atoms. The molecule has 0 aliphatic carbocycles. The number of sulfonamides is 1. The molecule has 26 heavy (non-hydrogen) atoms. The van der Waals surface area contributed by atoms with Gasteiger partial charge in [0.15, 0.2) is 0 Å². The van der Waals surface area contributed by atoms with Crippen LogP contribution in [0.4, 0.5) is 0 Å². The summed E-state index contributed by atoms with van der Waals surface area (Å²) in [6.07, 6.45) is 0.711. The average molecular weight is 386 g/mol. The number of benzene rings is 1. The molecule has 9 heteroatoms. The van der Waals surface area contributed by atoms with Gasteiger partial charge in [0.1, 0.15) is 11.3 Å². The van der Waals surface area contributed by atoms with Crippen LogP contribution >= 0.6 is 0 Å². The summed E-state index contributed by atoms with van der Waals surface area (Å²) >= 11 is 0. The van der Waals surface area contributed by atoms with E-state index >= 15 is 0 Å². The molecule has 146 valence electrons. The van der Waals surface area contributed by atoms with Gasteiger partial charge >= 0.3 is 5.97 Å². The van der Waals surface area contributed by atoms with Gasteiger partial charge in [-0.1, -0.05) is 13.3 Å². The van der Waals surface area contributed by atoms with Crippen molar-refractivity contribution < 1.29 is 27.9 Å². The quantitative estimate of drug-likeness (QED) is 0.530. The van der Waals surface area contributed by atoms with Crippen molar-refractivity contribution in [2.45, 2.75) is 50.5 Å². The molecule has 3 N–H and O–H groups in total. The lowest BCUT2D eigenvalue weighted by atomic mass is 9.96. The molecule has 1 aromatic rings. The highest BCUT2D eigenvalue weighted by molar-refractivity contribution is 7.89. The first-order valence-electron chi connectivity index (χ1n) is 8.41. The maximum atomic E-state index is 12.2. The number of rotatable bonds is 11. The van der Waals surface area contributed by atoms with Gasteiger partial charge in [-0.2, -0.15) is 0 Å². The van der Waals surface area contributed by atoms with Gasteiger partial charge in [0.2, 0.25) is 15.9 Å². The number of carbonyl (C=O) groups excluding carboxylic acids is 1. The maximum absolute atomic E-state index is 12.2. The summed E-state index contributed by atoms with van der Waals surface area (Å²) in [4.78, 5) is 23.3. The first kappa shape index (κ1) is 21.9.